The molecule has 1 unspecified atom stereocenters. The van der Waals surface area contributed by atoms with Crippen LogP contribution >= 0.6 is 27.3 Å². The van der Waals surface area contributed by atoms with Crippen molar-refractivity contribution in [1.82, 2.24) is 10.3 Å². The van der Waals surface area contributed by atoms with Gasteiger partial charge < -0.3 is 5.32 Å². The lowest BCUT2D eigenvalue weighted by Crippen LogP contribution is -2.18. The van der Waals surface area contributed by atoms with Gasteiger partial charge in [-0.3, -0.25) is 4.98 Å². The van der Waals surface area contributed by atoms with E-state index < -0.39 is 0 Å². The fourth-order valence-corrected chi connectivity index (χ4v) is 3.41. The Kier molecular flexibility index (Phi) is 4.31. The van der Waals surface area contributed by atoms with Crippen LogP contribution in [-0.4, -0.2) is 4.98 Å². The second-order valence-electron chi connectivity index (χ2n) is 4.00. The Morgan fingerprint density at radius 1 is 1.47 bits per heavy atom. The number of hydrogen-bond donors (Lipinski definition) is 1. The summed E-state index contributed by atoms with van der Waals surface area (Å²) in [6, 6.07) is 6.49. The van der Waals surface area contributed by atoms with Gasteiger partial charge in [-0.2, -0.15) is 0 Å². The fraction of sp³-hybridized carbons (Fsp3) is 0.308. The third kappa shape index (κ3) is 3.15. The number of nitrogens with zero attached hydrogens (tertiary/aromatic N) is 1. The molecule has 90 valence electrons. The van der Waals surface area contributed by atoms with E-state index in [1.54, 1.807) is 11.3 Å². The first-order valence-electron chi connectivity index (χ1n) is 5.55. The molecular formula is C13H15BrN2S. The van der Waals surface area contributed by atoms with E-state index in [1.807, 2.05) is 12.3 Å². The molecule has 1 N–H and O–H groups in total. The Morgan fingerprint density at radius 3 is 2.94 bits per heavy atom. The maximum atomic E-state index is 4.38. The predicted octanol–water partition coefficient (Wildman–Crippen LogP) is 4.06. The van der Waals surface area contributed by atoms with E-state index in [1.165, 1.54) is 14.9 Å². The summed E-state index contributed by atoms with van der Waals surface area (Å²) < 4.78 is 1.18. The van der Waals surface area contributed by atoms with Crippen LogP contribution in [0.25, 0.3) is 0 Å². The van der Waals surface area contributed by atoms with Crippen LogP contribution in [0.4, 0.5) is 0 Å². The standard InChI is InChI=1S/C13H15BrN2S/c1-9-4-3-6-15-12(9)8-16-10(2)13-11(14)5-7-17-13/h3-7,10,16H,8H2,1-2H3. The fourth-order valence-electron chi connectivity index (χ4n) is 1.66. The van der Waals surface area contributed by atoms with Crippen molar-refractivity contribution in [2.24, 2.45) is 0 Å². The molecule has 0 saturated carbocycles. The minimum absolute atomic E-state index is 0.339. The van der Waals surface area contributed by atoms with Gasteiger partial charge in [0, 0.05) is 28.1 Å². The molecule has 0 aliphatic carbocycles. The minimum atomic E-state index is 0.339. The quantitative estimate of drug-likeness (QED) is 0.921. The van der Waals surface area contributed by atoms with E-state index >= 15 is 0 Å². The van der Waals surface area contributed by atoms with Crippen molar-refractivity contribution in [2.45, 2.75) is 26.4 Å². The zero-order valence-corrected chi connectivity index (χ0v) is 12.3. The SMILES string of the molecule is Cc1cccnc1CNC(C)c1sccc1Br. The van der Waals surface area contributed by atoms with Crippen molar-refractivity contribution >= 4 is 27.3 Å². The molecule has 2 heterocycles. The molecule has 0 bridgehead atoms. The zero-order chi connectivity index (χ0) is 12.3. The molecule has 0 spiro atoms. The van der Waals surface area contributed by atoms with E-state index in [0.717, 1.165) is 12.2 Å². The van der Waals surface area contributed by atoms with Crippen molar-refractivity contribution in [3.05, 3.63) is 50.4 Å². The van der Waals surface area contributed by atoms with Crippen molar-refractivity contribution in [1.29, 1.82) is 0 Å². The van der Waals surface area contributed by atoms with Crippen LogP contribution in [0, 0.1) is 6.92 Å². The summed E-state index contributed by atoms with van der Waals surface area (Å²) in [6.07, 6.45) is 1.84. The first kappa shape index (κ1) is 12.7. The van der Waals surface area contributed by atoms with E-state index in [2.05, 4.69) is 57.6 Å². The number of halogens is 1. The van der Waals surface area contributed by atoms with E-state index in [0.29, 0.717) is 6.04 Å². The lowest BCUT2D eigenvalue weighted by molar-refractivity contribution is 0.572. The Morgan fingerprint density at radius 2 is 2.29 bits per heavy atom. The number of nitrogens with one attached hydrogen (secondary N) is 1. The molecule has 2 rings (SSSR count). The number of rotatable bonds is 4. The molecule has 0 fully saturated rings. The lowest BCUT2D eigenvalue weighted by Gasteiger charge is -2.13. The molecule has 0 aliphatic heterocycles. The van der Waals surface area contributed by atoms with E-state index in [4.69, 9.17) is 0 Å². The topological polar surface area (TPSA) is 24.9 Å². The van der Waals surface area contributed by atoms with Crippen molar-refractivity contribution in [3.8, 4) is 0 Å². The van der Waals surface area contributed by atoms with Crippen LogP contribution in [-0.2, 0) is 6.54 Å². The first-order valence-corrected chi connectivity index (χ1v) is 7.22. The van der Waals surface area contributed by atoms with Gasteiger partial charge in [-0.05, 0) is 52.9 Å². The third-order valence-corrected chi connectivity index (χ3v) is 4.79. The van der Waals surface area contributed by atoms with Gasteiger partial charge in [0.25, 0.3) is 0 Å². The van der Waals surface area contributed by atoms with Gasteiger partial charge in [-0.1, -0.05) is 6.07 Å². The minimum Gasteiger partial charge on any atom is -0.304 e. The smallest absolute Gasteiger partial charge is 0.0570 e. The predicted molar refractivity (Wildman–Crippen MR) is 76.2 cm³/mol. The molecule has 0 amide bonds. The van der Waals surface area contributed by atoms with Crippen molar-refractivity contribution in [2.75, 3.05) is 0 Å². The molecule has 4 heteroatoms. The molecule has 0 aliphatic rings. The highest BCUT2D eigenvalue weighted by molar-refractivity contribution is 9.10. The van der Waals surface area contributed by atoms with Gasteiger partial charge in [0.2, 0.25) is 0 Å². The average molecular weight is 311 g/mol. The summed E-state index contributed by atoms with van der Waals surface area (Å²) in [5, 5.41) is 5.60. The second-order valence-corrected chi connectivity index (χ2v) is 5.80. The van der Waals surface area contributed by atoms with Crippen LogP contribution in [0.5, 0.6) is 0 Å². The first-order chi connectivity index (χ1) is 8.18. The van der Waals surface area contributed by atoms with Gasteiger partial charge in [0.05, 0.1) is 5.69 Å². The van der Waals surface area contributed by atoms with Crippen LogP contribution in [0.2, 0.25) is 0 Å². The number of pyridine rings is 1. The molecule has 0 aromatic carbocycles. The second kappa shape index (κ2) is 5.76. The lowest BCUT2D eigenvalue weighted by atomic mass is 10.2. The highest BCUT2D eigenvalue weighted by Gasteiger charge is 2.10. The number of thiophene rings is 1. The molecule has 2 aromatic heterocycles. The summed E-state index contributed by atoms with van der Waals surface area (Å²) in [5.41, 5.74) is 2.35. The van der Waals surface area contributed by atoms with Crippen LogP contribution in [0.3, 0.4) is 0 Å². The number of aryl methyl sites for hydroxylation is 1. The molecule has 0 radical (unpaired) electrons. The Hall–Kier alpha value is -0.710. The van der Waals surface area contributed by atoms with Gasteiger partial charge in [0.15, 0.2) is 0 Å². The highest BCUT2D eigenvalue weighted by atomic mass is 79.9. The monoisotopic (exact) mass is 310 g/mol. The summed E-state index contributed by atoms with van der Waals surface area (Å²) in [7, 11) is 0. The maximum Gasteiger partial charge on any atom is 0.0570 e. The third-order valence-electron chi connectivity index (χ3n) is 2.73. The summed E-state index contributed by atoms with van der Waals surface area (Å²) >= 11 is 5.33. The van der Waals surface area contributed by atoms with Crippen molar-refractivity contribution < 1.29 is 0 Å². The summed E-state index contributed by atoms with van der Waals surface area (Å²) in [5.74, 6) is 0. The molecule has 17 heavy (non-hydrogen) atoms. The Labute approximate surface area is 114 Å². The molecule has 2 aromatic rings. The van der Waals surface area contributed by atoms with Gasteiger partial charge in [-0.15, -0.1) is 11.3 Å². The average Bonchev–Trinajstić information content (AvgIpc) is 2.74. The summed E-state index contributed by atoms with van der Waals surface area (Å²) in [6.45, 7) is 5.07. The van der Waals surface area contributed by atoms with Crippen LogP contribution in [0.15, 0.2) is 34.2 Å². The molecule has 2 nitrogen and oxygen atoms in total. The molecular weight excluding hydrogens is 296 g/mol. The van der Waals surface area contributed by atoms with Gasteiger partial charge in [0.1, 0.15) is 0 Å². The van der Waals surface area contributed by atoms with Gasteiger partial charge >= 0.3 is 0 Å². The van der Waals surface area contributed by atoms with Crippen LogP contribution < -0.4 is 5.32 Å². The molecule has 1 atom stereocenters. The largest absolute Gasteiger partial charge is 0.304 e. The maximum absolute atomic E-state index is 4.38. The summed E-state index contributed by atoms with van der Waals surface area (Å²) in [4.78, 5) is 5.72. The van der Waals surface area contributed by atoms with Crippen molar-refractivity contribution in [3.63, 3.8) is 0 Å². The van der Waals surface area contributed by atoms with Gasteiger partial charge in [-0.25, -0.2) is 0 Å². The normalized spacial score (nSPS) is 12.6. The van der Waals surface area contributed by atoms with Crippen LogP contribution in [0.1, 0.15) is 29.1 Å². The zero-order valence-electron chi connectivity index (χ0n) is 9.90. The number of hydrogen-bond acceptors (Lipinski definition) is 3. The Bertz CT molecular complexity index is 496. The molecule has 0 saturated heterocycles. The van der Waals surface area contributed by atoms with E-state index in [-0.39, 0.29) is 0 Å². The van der Waals surface area contributed by atoms with E-state index in [9.17, 15) is 0 Å². The Balaban J connectivity index is 2.00. The number of aromatic nitrogens is 1. The highest BCUT2D eigenvalue weighted by Crippen LogP contribution is 2.28.